The van der Waals surface area contributed by atoms with Crippen molar-refractivity contribution in [2.75, 3.05) is 20.1 Å². The molecular formula is C10H22N2. The lowest BCUT2D eigenvalue weighted by atomic mass is 9.99. The highest BCUT2D eigenvalue weighted by Crippen LogP contribution is 2.29. The predicted octanol–water partition coefficient (Wildman–Crippen LogP) is 1.46. The van der Waals surface area contributed by atoms with Gasteiger partial charge >= 0.3 is 0 Å². The Morgan fingerprint density at radius 3 is 2.50 bits per heavy atom. The van der Waals surface area contributed by atoms with Crippen LogP contribution in [0.1, 0.15) is 32.6 Å². The van der Waals surface area contributed by atoms with Gasteiger partial charge in [-0.3, -0.25) is 0 Å². The minimum atomic E-state index is 0.732. The van der Waals surface area contributed by atoms with Crippen molar-refractivity contribution >= 4 is 0 Å². The zero-order chi connectivity index (χ0) is 8.97. The van der Waals surface area contributed by atoms with E-state index in [4.69, 9.17) is 5.73 Å². The molecule has 2 heteroatoms. The summed E-state index contributed by atoms with van der Waals surface area (Å²) in [5.41, 5.74) is 5.52. The molecule has 1 aliphatic rings. The van der Waals surface area contributed by atoms with E-state index in [2.05, 4.69) is 18.9 Å². The van der Waals surface area contributed by atoms with E-state index in [-0.39, 0.29) is 0 Å². The largest absolute Gasteiger partial charge is 0.329 e. The molecule has 0 aromatic carbocycles. The first-order valence-corrected chi connectivity index (χ1v) is 5.16. The number of hydrogen-bond acceptors (Lipinski definition) is 2. The lowest BCUT2D eigenvalue weighted by molar-refractivity contribution is 0.196. The maximum Gasteiger partial charge on any atom is 0.0104 e. The van der Waals surface area contributed by atoms with E-state index in [1.807, 2.05) is 0 Å². The average molecular weight is 170 g/mol. The quantitative estimate of drug-likeness (QED) is 0.692. The van der Waals surface area contributed by atoms with Crippen LogP contribution in [0.25, 0.3) is 0 Å². The van der Waals surface area contributed by atoms with E-state index in [1.165, 1.54) is 25.7 Å². The summed E-state index contributed by atoms with van der Waals surface area (Å²) in [6, 6.07) is 0.732. The summed E-state index contributed by atoms with van der Waals surface area (Å²) >= 11 is 0. The topological polar surface area (TPSA) is 29.3 Å². The number of hydrogen-bond donors (Lipinski definition) is 1. The molecular weight excluding hydrogens is 148 g/mol. The van der Waals surface area contributed by atoms with Crippen LogP contribution in [0.2, 0.25) is 0 Å². The molecule has 1 saturated carbocycles. The van der Waals surface area contributed by atoms with Gasteiger partial charge in [-0.05, 0) is 32.7 Å². The Hall–Kier alpha value is -0.0800. The van der Waals surface area contributed by atoms with Crippen LogP contribution >= 0.6 is 0 Å². The van der Waals surface area contributed by atoms with E-state index >= 15 is 0 Å². The molecule has 0 amide bonds. The van der Waals surface area contributed by atoms with Crippen LogP contribution in [0, 0.1) is 5.92 Å². The Balaban J connectivity index is 2.29. The molecule has 1 aliphatic carbocycles. The van der Waals surface area contributed by atoms with Gasteiger partial charge in [0.1, 0.15) is 0 Å². The molecule has 0 aromatic heterocycles. The van der Waals surface area contributed by atoms with Gasteiger partial charge in [-0.25, -0.2) is 0 Å². The normalized spacial score (nSPS) is 22.0. The second kappa shape index (κ2) is 4.83. The first-order valence-electron chi connectivity index (χ1n) is 5.16. The molecule has 72 valence electrons. The summed E-state index contributed by atoms with van der Waals surface area (Å²) in [6.07, 6.45) is 5.73. The summed E-state index contributed by atoms with van der Waals surface area (Å²) < 4.78 is 0. The van der Waals surface area contributed by atoms with E-state index in [0.717, 1.165) is 25.0 Å². The maximum absolute atomic E-state index is 5.52. The molecule has 1 rings (SSSR count). The molecule has 0 radical (unpaired) electrons. The molecule has 0 aromatic rings. The second-order valence-corrected chi connectivity index (χ2v) is 4.05. The van der Waals surface area contributed by atoms with Gasteiger partial charge in [-0.1, -0.05) is 12.8 Å². The Morgan fingerprint density at radius 2 is 2.00 bits per heavy atom. The van der Waals surface area contributed by atoms with Crippen molar-refractivity contribution in [3.05, 3.63) is 0 Å². The van der Waals surface area contributed by atoms with Crippen LogP contribution in [0.5, 0.6) is 0 Å². The van der Waals surface area contributed by atoms with Gasteiger partial charge in [0.2, 0.25) is 0 Å². The highest BCUT2D eigenvalue weighted by atomic mass is 15.1. The summed E-state index contributed by atoms with van der Waals surface area (Å²) in [6.45, 7) is 4.16. The van der Waals surface area contributed by atoms with Crippen LogP contribution in [0.4, 0.5) is 0 Å². The van der Waals surface area contributed by atoms with Gasteiger partial charge in [0.15, 0.2) is 0 Å². The molecule has 0 aliphatic heterocycles. The molecule has 0 heterocycles. The first kappa shape index (κ1) is 10.0. The van der Waals surface area contributed by atoms with Crippen molar-refractivity contribution in [3.63, 3.8) is 0 Å². The minimum absolute atomic E-state index is 0.732. The molecule has 0 bridgehead atoms. The maximum atomic E-state index is 5.52. The summed E-state index contributed by atoms with van der Waals surface area (Å²) in [4.78, 5) is 2.40. The highest BCUT2D eigenvalue weighted by Gasteiger charge is 2.23. The Kier molecular flexibility index (Phi) is 4.02. The van der Waals surface area contributed by atoms with Crippen LogP contribution in [0.3, 0.4) is 0 Å². The molecule has 1 fully saturated rings. The minimum Gasteiger partial charge on any atom is -0.329 e. The van der Waals surface area contributed by atoms with Crippen molar-refractivity contribution in [3.8, 4) is 0 Å². The molecule has 1 unspecified atom stereocenters. The van der Waals surface area contributed by atoms with E-state index in [9.17, 15) is 0 Å². The van der Waals surface area contributed by atoms with Crippen molar-refractivity contribution in [1.29, 1.82) is 0 Å². The van der Waals surface area contributed by atoms with Crippen LogP contribution < -0.4 is 5.73 Å². The van der Waals surface area contributed by atoms with Gasteiger partial charge < -0.3 is 10.6 Å². The number of likely N-dealkylation sites (N-methyl/N-ethyl adjacent to an activating group) is 1. The van der Waals surface area contributed by atoms with Crippen LogP contribution in [-0.4, -0.2) is 31.1 Å². The summed E-state index contributed by atoms with van der Waals surface area (Å²) in [5, 5.41) is 0. The molecule has 2 nitrogen and oxygen atoms in total. The van der Waals surface area contributed by atoms with Crippen LogP contribution in [0.15, 0.2) is 0 Å². The number of nitrogens with two attached hydrogens (primary N) is 1. The SMILES string of the molecule is CC(C1CCCC1)N(C)CCN. The molecule has 12 heavy (non-hydrogen) atoms. The fourth-order valence-corrected chi connectivity index (χ4v) is 2.21. The summed E-state index contributed by atoms with van der Waals surface area (Å²) in [5.74, 6) is 0.932. The smallest absolute Gasteiger partial charge is 0.0104 e. The number of rotatable bonds is 4. The molecule has 2 N–H and O–H groups in total. The number of nitrogens with zero attached hydrogens (tertiary/aromatic N) is 1. The fraction of sp³-hybridized carbons (Fsp3) is 1.00. The first-order chi connectivity index (χ1) is 5.75. The predicted molar refractivity (Wildman–Crippen MR) is 53.1 cm³/mol. The lowest BCUT2D eigenvalue weighted by Gasteiger charge is -2.29. The van der Waals surface area contributed by atoms with Crippen molar-refractivity contribution in [1.82, 2.24) is 4.90 Å². The second-order valence-electron chi connectivity index (χ2n) is 4.05. The van der Waals surface area contributed by atoms with Gasteiger partial charge in [-0.2, -0.15) is 0 Å². The Morgan fingerprint density at radius 1 is 1.42 bits per heavy atom. The lowest BCUT2D eigenvalue weighted by Crippen LogP contribution is -2.37. The zero-order valence-corrected chi connectivity index (χ0v) is 8.42. The third-order valence-corrected chi connectivity index (χ3v) is 3.26. The van der Waals surface area contributed by atoms with Crippen molar-refractivity contribution < 1.29 is 0 Å². The fourth-order valence-electron chi connectivity index (χ4n) is 2.21. The molecule has 0 spiro atoms. The van der Waals surface area contributed by atoms with E-state index in [1.54, 1.807) is 0 Å². The monoisotopic (exact) mass is 170 g/mol. The highest BCUT2D eigenvalue weighted by molar-refractivity contribution is 4.78. The average Bonchev–Trinajstić information content (AvgIpc) is 2.55. The van der Waals surface area contributed by atoms with Crippen LogP contribution in [-0.2, 0) is 0 Å². The Bertz CT molecular complexity index is 119. The van der Waals surface area contributed by atoms with E-state index < -0.39 is 0 Å². The zero-order valence-electron chi connectivity index (χ0n) is 8.42. The molecule has 1 atom stereocenters. The third kappa shape index (κ3) is 2.46. The van der Waals surface area contributed by atoms with Gasteiger partial charge in [-0.15, -0.1) is 0 Å². The molecule has 0 saturated heterocycles. The standard InChI is InChI=1S/C10H22N2/c1-9(12(2)8-7-11)10-5-3-4-6-10/h9-10H,3-8,11H2,1-2H3. The van der Waals surface area contributed by atoms with Gasteiger partial charge in [0.05, 0.1) is 0 Å². The van der Waals surface area contributed by atoms with Crippen molar-refractivity contribution in [2.24, 2.45) is 11.7 Å². The van der Waals surface area contributed by atoms with Gasteiger partial charge in [0.25, 0.3) is 0 Å². The van der Waals surface area contributed by atoms with Gasteiger partial charge in [0, 0.05) is 19.1 Å². The van der Waals surface area contributed by atoms with E-state index in [0.29, 0.717) is 0 Å². The third-order valence-electron chi connectivity index (χ3n) is 3.26. The van der Waals surface area contributed by atoms with Crippen molar-refractivity contribution in [2.45, 2.75) is 38.6 Å². The Labute approximate surface area is 76.1 Å². The summed E-state index contributed by atoms with van der Waals surface area (Å²) in [7, 11) is 2.19.